The highest BCUT2D eigenvalue weighted by atomic mass is 16.7. The molecule has 7 aliphatic rings. The molecular weight excluding hydrogens is 744 g/mol. The van der Waals surface area contributed by atoms with Crippen molar-refractivity contribution in [2.75, 3.05) is 26.9 Å². The Morgan fingerprint density at radius 2 is 1.47 bits per heavy atom. The van der Waals surface area contributed by atoms with Gasteiger partial charge in [-0.15, -0.1) is 0 Å². The van der Waals surface area contributed by atoms with Crippen molar-refractivity contribution in [2.45, 2.75) is 160 Å². The lowest BCUT2D eigenvalue weighted by Gasteiger charge is -2.71. The highest BCUT2D eigenvalue weighted by molar-refractivity contribution is 5.81. The predicted octanol–water partition coefficient (Wildman–Crippen LogP) is 1.08. The standard InChI is InChI=1S/C42H66O15/c1-37(35(51)53-6)13-15-42(36(52)57-34-32(50)30(48)29(47)24(18-43)55-34)16-14-40(4)21(22(42)17-37)7-8-26-38(2)11-10-27(56-33-31(49)28(46)23(45)19-54-33)39(3,20-44)25(38)9-12-41(26,40)5/h7,22-34,43-50H,8-20H2,1-6H3. The van der Waals surface area contributed by atoms with E-state index in [1.165, 1.54) is 7.11 Å². The van der Waals surface area contributed by atoms with Crippen LogP contribution in [0.3, 0.4) is 0 Å². The molecule has 6 fully saturated rings. The van der Waals surface area contributed by atoms with Gasteiger partial charge in [-0.1, -0.05) is 39.3 Å². The SMILES string of the molecule is COC(=O)C1(C)CCC2(C(=O)OC3OC(CO)C(O)C(O)C3O)CCC3(C)C(=CCC4C5(C)CCC(OC6OCC(O)C(O)C6O)C(C)(CO)C5CCC43C)C2C1. The molecule has 0 aromatic carbocycles. The summed E-state index contributed by atoms with van der Waals surface area (Å²) in [6, 6.07) is 0. The van der Waals surface area contributed by atoms with Crippen molar-refractivity contribution in [3.05, 3.63) is 11.6 Å². The molecule has 7 rings (SSSR count). The second-order valence-electron chi connectivity index (χ2n) is 19.9. The van der Waals surface area contributed by atoms with Crippen molar-refractivity contribution in [3.8, 4) is 0 Å². The van der Waals surface area contributed by atoms with E-state index >= 15 is 0 Å². The van der Waals surface area contributed by atoms with E-state index in [9.17, 15) is 50.4 Å². The molecule has 0 aromatic heterocycles. The smallest absolute Gasteiger partial charge is 0.315 e. The first-order valence-corrected chi connectivity index (χ1v) is 20.9. The minimum Gasteiger partial charge on any atom is -0.469 e. The molecule has 0 radical (unpaired) electrons. The number of aliphatic hydroxyl groups excluding tert-OH is 8. The molecule has 19 atom stereocenters. The van der Waals surface area contributed by atoms with Crippen molar-refractivity contribution in [1.82, 2.24) is 0 Å². The van der Waals surface area contributed by atoms with Crippen LogP contribution in [0.4, 0.5) is 0 Å². The van der Waals surface area contributed by atoms with Gasteiger partial charge in [0.2, 0.25) is 6.29 Å². The largest absolute Gasteiger partial charge is 0.469 e. The normalized spacial score (nSPS) is 53.6. The first-order valence-electron chi connectivity index (χ1n) is 20.9. The van der Waals surface area contributed by atoms with Crippen molar-refractivity contribution in [3.63, 3.8) is 0 Å². The fourth-order valence-corrected chi connectivity index (χ4v) is 13.6. The van der Waals surface area contributed by atoms with Gasteiger partial charge in [-0.2, -0.15) is 0 Å². The van der Waals surface area contributed by atoms with Gasteiger partial charge >= 0.3 is 11.9 Å². The third-order valence-corrected chi connectivity index (χ3v) is 17.4. The van der Waals surface area contributed by atoms with Crippen molar-refractivity contribution in [1.29, 1.82) is 0 Å². The van der Waals surface area contributed by atoms with Gasteiger partial charge in [0.05, 0.1) is 43.9 Å². The maximum absolute atomic E-state index is 14.7. The van der Waals surface area contributed by atoms with Crippen LogP contribution in [0.25, 0.3) is 0 Å². The van der Waals surface area contributed by atoms with Crippen LogP contribution in [-0.2, 0) is 33.3 Å². The minimum absolute atomic E-state index is 0.0371. The van der Waals surface area contributed by atoms with Gasteiger partial charge < -0.3 is 64.5 Å². The topological polar surface area (TPSA) is 242 Å². The Morgan fingerprint density at radius 1 is 0.789 bits per heavy atom. The van der Waals surface area contributed by atoms with Gasteiger partial charge in [0.1, 0.15) is 42.7 Å². The lowest BCUT2D eigenvalue weighted by atomic mass is 9.33. The average molecular weight is 811 g/mol. The Hall–Kier alpha value is -1.76. The first kappa shape index (κ1) is 43.3. The minimum atomic E-state index is -1.74. The van der Waals surface area contributed by atoms with Gasteiger partial charge in [-0.05, 0) is 105 Å². The summed E-state index contributed by atoms with van der Waals surface area (Å²) >= 11 is 0. The number of methoxy groups -OCH3 is 1. The number of carbonyl (C=O) groups is 2. The maximum atomic E-state index is 14.7. The third kappa shape index (κ3) is 6.30. The Bertz CT molecular complexity index is 1570. The molecule has 0 bridgehead atoms. The van der Waals surface area contributed by atoms with Crippen molar-refractivity contribution >= 4 is 11.9 Å². The predicted molar refractivity (Wildman–Crippen MR) is 199 cm³/mol. The average Bonchev–Trinajstić information content (AvgIpc) is 3.19. The van der Waals surface area contributed by atoms with Crippen molar-refractivity contribution in [2.24, 2.45) is 50.2 Å². The molecule has 0 aromatic rings. The molecule has 2 aliphatic heterocycles. The van der Waals surface area contributed by atoms with E-state index in [0.717, 1.165) is 24.8 Å². The monoisotopic (exact) mass is 810 g/mol. The third-order valence-electron chi connectivity index (χ3n) is 17.4. The van der Waals surface area contributed by atoms with E-state index < -0.39 is 102 Å². The maximum Gasteiger partial charge on any atom is 0.315 e. The van der Waals surface area contributed by atoms with E-state index in [0.29, 0.717) is 44.9 Å². The number of ether oxygens (including phenoxy) is 5. The molecule has 5 aliphatic carbocycles. The van der Waals surface area contributed by atoms with Crippen LogP contribution < -0.4 is 0 Å². The number of allylic oxidation sites excluding steroid dienone is 2. The van der Waals surface area contributed by atoms with Crippen LogP contribution in [-0.4, -0.2) is 141 Å². The number of fused-ring (bicyclic) bond motifs is 7. The lowest BCUT2D eigenvalue weighted by Crippen LogP contribution is -2.67. The summed E-state index contributed by atoms with van der Waals surface area (Å²) in [5.41, 5.74) is -2.43. The van der Waals surface area contributed by atoms with Gasteiger partial charge in [0.15, 0.2) is 6.29 Å². The molecule has 19 unspecified atom stereocenters. The Balaban J connectivity index is 1.21. The molecule has 324 valence electrons. The number of hydrogen-bond donors (Lipinski definition) is 8. The number of esters is 2. The summed E-state index contributed by atoms with van der Waals surface area (Å²) in [6.07, 6.45) is -5.49. The van der Waals surface area contributed by atoms with E-state index in [4.69, 9.17) is 23.7 Å². The highest BCUT2D eigenvalue weighted by Crippen LogP contribution is 2.76. The number of aliphatic hydroxyl groups is 8. The lowest BCUT2D eigenvalue weighted by molar-refractivity contribution is -0.312. The summed E-state index contributed by atoms with van der Waals surface area (Å²) < 4.78 is 28.9. The second kappa shape index (κ2) is 15.0. The highest BCUT2D eigenvalue weighted by Gasteiger charge is 2.71. The van der Waals surface area contributed by atoms with Gasteiger partial charge in [0, 0.05) is 5.41 Å². The molecule has 4 saturated carbocycles. The molecule has 15 nitrogen and oxygen atoms in total. The van der Waals surface area contributed by atoms with E-state index in [1.807, 2.05) is 13.8 Å². The van der Waals surface area contributed by atoms with Crippen LogP contribution in [0.15, 0.2) is 11.6 Å². The Morgan fingerprint density at radius 3 is 2.14 bits per heavy atom. The summed E-state index contributed by atoms with van der Waals surface area (Å²) in [7, 11) is 1.37. The summed E-state index contributed by atoms with van der Waals surface area (Å²) in [4.78, 5) is 28.1. The zero-order valence-corrected chi connectivity index (χ0v) is 34.2. The van der Waals surface area contributed by atoms with Crippen LogP contribution in [0.2, 0.25) is 0 Å². The molecular formula is C42H66O15. The first-order chi connectivity index (χ1) is 26.7. The molecule has 8 N–H and O–H groups in total. The fourth-order valence-electron chi connectivity index (χ4n) is 13.6. The number of rotatable bonds is 7. The van der Waals surface area contributed by atoms with Crippen molar-refractivity contribution < 1.29 is 74.1 Å². The van der Waals surface area contributed by atoms with Crippen LogP contribution in [0, 0.1) is 50.2 Å². The molecule has 0 spiro atoms. The van der Waals surface area contributed by atoms with Gasteiger partial charge in [0.25, 0.3) is 0 Å². The van der Waals surface area contributed by atoms with E-state index in [2.05, 4.69) is 26.8 Å². The van der Waals surface area contributed by atoms with Crippen LogP contribution >= 0.6 is 0 Å². The summed E-state index contributed by atoms with van der Waals surface area (Å²) in [5.74, 6) is -1.16. The zero-order chi connectivity index (χ0) is 41.7. The number of carbonyl (C=O) groups excluding carboxylic acids is 2. The van der Waals surface area contributed by atoms with Gasteiger partial charge in [-0.25, -0.2) is 0 Å². The van der Waals surface area contributed by atoms with E-state index in [1.54, 1.807) is 0 Å². The van der Waals surface area contributed by atoms with E-state index in [-0.39, 0.29) is 41.8 Å². The summed E-state index contributed by atoms with van der Waals surface area (Å²) in [6.45, 7) is 9.94. The Labute approximate surface area is 334 Å². The van der Waals surface area contributed by atoms with Crippen LogP contribution in [0.5, 0.6) is 0 Å². The van der Waals surface area contributed by atoms with Crippen LogP contribution in [0.1, 0.15) is 98.8 Å². The molecule has 57 heavy (non-hydrogen) atoms. The summed E-state index contributed by atoms with van der Waals surface area (Å²) in [5, 5.41) is 83.6. The number of hydrogen-bond acceptors (Lipinski definition) is 15. The fraction of sp³-hybridized carbons (Fsp3) is 0.905. The second-order valence-corrected chi connectivity index (χ2v) is 19.9. The molecule has 2 heterocycles. The Kier molecular flexibility index (Phi) is 11.4. The molecule has 2 saturated heterocycles. The zero-order valence-electron chi connectivity index (χ0n) is 34.2. The molecule has 15 heteroatoms. The van der Waals surface area contributed by atoms with Gasteiger partial charge in [-0.3, -0.25) is 9.59 Å². The quantitative estimate of drug-likeness (QED) is 0.102. The molecule has 0 amide bonds.